The molecule has 1 saturated carbocycles. The number of hydrogen-bond donors (Lipinski definition) is 13. The van der Waals surface area contributed by atoms with Gasteiger partial charge in [-0.15, -0.1) is 6.42 Å². The smallest absolute Gasteiger partial charge is 0.256 e. The van der Waals surface area contributed by atoms with Crippen LogP contribution in [0.5, 0.6) is 0 Å². The van der Waals surface area contributed by atoms with Crippen LogP contribution >= 0.6 is 0 Å². The maximum Gasteiger partial charge on any atom is 0.256 e. The molecule has 1 aromatic rings. The molecule has 51 heavy (non-hydrogen) atoms. The van der Waals surface area contributed by atoms with E-state index < -0.39 is 122 Å². The van der Waals surface area contributed by atoms with Crippen LogP contribution in [0.3, 0.4) is 0 Å². The largest absolute Gasteiger partial charge is 0.389 e. The predicted molar refractivity (Wildman–Crippen MR) is 174 cm³/mol. The quantitative estimate of drug-likeness (QED) is 0.0995. The predicted octanol–water partition coefficient (Wildman–Crippen LogP) is -7.27. The molecule has 20 nitrogen and oxygen atoms in total. The van der Waals surface area contributed by atoms with Crippen molar-refractivity contribution in [3.63, 3.8) is 0 Å². The molecule has 1 aromatic carbocycles. The molecule has 286 valence electrons. The summed E-state index contributed by atoms with van der Waals surface area (Å²) in [6.07, 6.45) is -16.4. The van der Waals surface area contributed by atoms with E-state index in [1.54, 1.807) is 24.3 Å². The Labute approximate surface area is 293 Å². The molecule has 0 unspecified atom stereocenters. The van der Waals surface area contributed by atoms with Crippen molar-refractivity contribution in [2.75, 3.05) is 18.4 Å². The molecule has 1 amide bonds. The third-order valence-corrected chi connectivity index (χ3v) is 9.67. The number of ether oxygens (including phenoxy) is 6. The first-order valence-corrected chi connectivity index (χ1v) is 16.5. The van der Waals surface area contributed by atoms with Crippen molar-refractivity contribution in [3.05, 3.63) is 29.8 Å². The van der Waals surface area contributed by atoms with Gasteiger partial charge in [0.2, 0.25) is 0 Å². The molecular formula is C31H49N7O13. The van der Waals surface area contributed by atoms with Gasteiger partial charge in [-0.05, 0) is 30.7 Å². The molecular weight excluding hydrogens is 678 g/mol. The van der Waals surface area contributed by atoms with Crippen molar-refractivity contribution in [1.82, 2.24) is 0 Å². The van der Waals surface area contributed by atoms with Crippen LogP contribution in [0.2, 0.25) is 0 Å². The Kier molecular flexibility index (Phi) is 13.0. The highest BCUT2D eigenvalue weighted by Gasteiger charge is 2.56. The van der Waals surface area contributed by atoms with Crippen LogP contribution in [-0.4, -0.2) is 166 Å². The topological polar surface area (TPSA) is 362 Å². The lowest BCUT2D eigenvalue weighted by Crippen LogP contribution is -2.68. The molecule has 3 saturated heterocycles. The minimum absolute atomic E-state index is 0.0376. The minimum atomic E-state index is -1.80. The van der Waals surface area contributed by atoms with Crippen LogP contribution in [-0.2, 0) is 33.2 Å². The highest BCUT2D eigenvalue weighted by Crippen LogP contribution is 2.35. The van der Waals surface area contributed by atoms with Gasteiger partial charge in [0.1, 0.15) is 61.0 Å². The summed E-state index contributed by atoms with van der Waals surface area (Å²) in [5.41, 5.74) is 37.0. The van der Waals surface area contributed by atoms with Crippen molar-refractivity contribution >= 4 is 11.6 Å². The highest BCUT2D eigenvalue weighted by atomic mass is 16.8. The van der Waals surface area contributed by atoms with Gasteiger partial charge in [0, 0.05) is 36.4 Å². The number of amides is 1. The molecule has 5 rings (SSSR count). The zero-order valence-electron chi connectivity index (χ0n) is 27.5. The number of carbonyl (C=O) groups excluding carboxylic acids is 1. The number of benzene rings is 1. The number of aliphatic hydroxyl groups is 6. The van der Waals surface area contributed by atoms with Gasteiger partial charge in [-0.2, -0.15) is 0 Å². The summed E-state index contributed by atoms with van der Waals surface area (Å²) >= 11 is 0. The molecule has 0 spiro atoms. The molecule has 4 aliphatic rings. The van der Waals surface area contributed by atoms with Crippen LogP contribution in [0.1, 0.15) is 12.0 Å². The molecule has 3 heterocycles. The second kappa shape index (κ2) is 16.7. The van der Waals surface area contributed by atoms with Gasteiger partial charge in [0.15, 0.2) is 25.0 Å². The van der Waals surface area contributed by atoms with E-state index in [1.807, 2.05) is 0 Å². The molecule has 19 N–H and O–H groups in total. The van der Waals surface area contributed by atoms with E-state index in [9.17, 15) is 35.4 Å². The monoisotopic (exact) mass is 727 g/mol. The maximum atomic E-state index is 13.7. The fraction of sp³-hybridized carbons (Fsp3) is 0.710. The average Bonchev–Trinajstić information content (AvgIpc) is 3.42. The fourth-order valence-corrected chi connectivity index (χ4v) is 6.59. The van der Waals surface area contributed by atoms with Gasteiger partial charge in [-0.3, -0.25) is 4.79 Å². The summed E-state index contributed by atoms with van der Waals surface area (Å²) in [5.74, 6) is 1.65. The van der Waals surface area contributed by atoms with Crippen molar-refractivity contribution < 1.29 is 63.9 Å². The Hall–Kier alpha value is -2.47. The zero-order chi connectivity index (χ0) is 37.3. The van der Waals surface area contributed by atoms with E-state index in [0.717, 1.165) is 0 Å². The molecule has 4 fully saturated rings. The summed E-state index contributed by atoms with van der Waals surface area (Å²) in [7, 11) is 0. The van der Waals surface area contributed by atoms with Crippen LogP contribution < -0.4 is 39.7 Å². The summed E-state index contributed by atoms with van der Waals surface area (Å²) in [6.45, 7) is -0.415. The van der Waals surface area contributed by atoms with E-state index in [0.29, 0.717) is 11.3 Å². The van der Waals surface area contributed by atoms with Gasteiger partial charge >= 0.3 is 0 Å². The van der Waals surface area contributed by atoms with E-state index in [1.165, 1.54) is 0 Å². The SMILES string of the molecule is C#Cc1ccc(NC(=O)[C@H]2O[C@@H](O[C@@H]3[C@@H](O)[C@H](N)C[C@H](N)[C@H]3O[C@H]3O[C@H](CN)[C@@H](O)[C@H](O)[C@H]3N)[C@H](O)[C@@H]2O[C@H]2O[C@@H](CN)[C@@H](O)[C@H](O)[C@H]2N)cc1. The number of carbonyl (C=O) groups is 1. The van der Waals surface area contributed by atoms with Crippen molar-refractivity contribution in [1.29, 1.82) is 0 Å². The molecule has 19 atom stereocenters. The molecule has 0 bridgehead atoms. The van der Waals surface area contributed by atoms with E-state index in [2.05, 4.69) is 11.2 Å². The highest BCUT2D eigenvalue weighted by molar-refractivity contribution is 5.95. The Bertz CT molecular complexity index is 1360. The zero-order valence-corrected chi connectivity index (χ0v) is 27.5. The first-order chi connectivity index (χ1) is 24.2. The molecule has 20 heteroatoms. The van der Waals surface area contributed by atoms with Gasteiger partial charge in [-0.1, -0.05) is 5.92 Å². The number of hydrogen-bond acceptors (Lipinski definition) is 19. The third kappa shape index (κ3) is 8.21. The lowest BCUT2D eigenvalue weighted by Gasteiger charge is -2.47. The van der Waals surface area contributed by atoms with E-state index >= 15 is 0 Å². The first kappa shape index (κ1) is 39.7. The van der Waals surface area contributed by atoms with Gasteiger partial charge < -0.3 is 98.8 Å². The Morgan fingerprint density at radius 2 is 1.22 bits per heavy atom. The third-order valence-electron chi connectivity index (χ3n) is 9.67. The first-order valence-electron chi connectivity index (χ1n) is 16.5. The van der Waals surface area contributed by atoms with E-state index in [-0.39, 0.29) is 19.5 Å². The second-order valence-corrected chi connectivity index (χ2v) is 13.2. The Morgan fingerprint density at radius 3 is 1.73 bits per heavy atom. The van der Waals surface area contributed by atoms with Crippen molar-refractivity contribution in [2.24, 2.45) is 34.4 Å². The number of terminal acetylenes is 1. The average molecular weight is 728 g/mol. The number of anilines is 1. The van der Waals surface area contributed by atoms with Crippen molar-refractivity contribution in [3.8, 4) is 12.3 Å². The summed E-state index contributed by atoms with van der Waals surface area (Å²) < 4.78 is 35.4. The summed E-state index contributed by atoms with van der Waals surface area (Å²) in [4.78, 5) is 13.7. The fourth-order valence-electron chi connectivity index (χ4n) is 6.59. The van der Waals surface area contributed by atoms with Crippen LogP contribution in [0, 0.1) is 12.3 Å². The molecule has 0 aromatic heterocycles. The summed E-state index contributed by atoms with van der Waals surface area (Å²) in [6, 6.07) is 1.76. The second-order valence-electron chi connectivity index (χ2n) is 13.2. The van der Waals surface area contributed by atoms with Crippen LogP contribution in [0.25, 0.3) is 0 Å². The number of nitrogens with two attached hydrogens (primary N) is 6. The van der Waals surface area contributed by atoms with Gasteiger partial charge in [-0.25, -0.2) is 0 Å². The maximum absolute atomic E-state index is 13.7. The van der Waals surface area contributed by atoms with E-state index in [4.69, 9.17) is 69.2 Å². The standard InChI is InChI=1S/C31H49N7O13/c1-2-10-3-5-11(6-4-10)38-28(45)27-26(49-30-17(37)22(43)20(41)15(9-33)47-30)23(44)31(51-27)50-25-18(39)12(34)7-13(35)24(25)48-29-16(36)21(42)19(40)14(8-32)46-29/h1,3-6,12-27,29-31,39-44H,7-9,32-37H2,(H,38,45)/t12-,13+,14-,15+,16-,17-,18+,19-,20-,21-,22-,23-,24-,25-,26+,27+,29-,30-,31-/m1/s1. The van der Waals surface area contributed by atoms with Gasteiger partial charge in [0.25, 0.3) is 5.91 Å². The Balaban J connectivity index is 1.40. The van der Waals surface area contributed by atoms with Crippen LogP contribution in [0.15, 0.2) is 24.3 Å². The molecule has 3 aliphatic heterocycles. The van der Waals surface area contributed by atoms with Crippen molar-refractivity contribution in [2.45, 2.75) is 123 Å². The lowest BCUT2D eigenvalue weighted by atomic mass is 9.84. The normalized spacial score (nSPS) is 46.0. The molecule has 0 radical (unpaired) electrons. The number of aliphatic hydroxyl groups excluding tert-OH is 6. The molecule has 1 aliphatic carbocycles. The van der Waals surface area contributed by atoms with Gasteiger partial charge in [0.05, 0.1) is 18.2 Å². The summed E-state index contributed by atoms with van der Waals surface area (Å²) in [5, 5.41) is 67.1. The number of rotatable bonds is 10. The minimum Gasteiger partial charge on any atom is -0.389 e. The number of nitrogens with one attached hydrogen (secondary N) is 1. The lowest BCUT2D eigenvalue weighted by molar-refractivity contribution is -0.306. The van der Waals surface area contributed by atoms with Crippen LogP contribution in [0.4, 0.5) is 5.69 Å². The Morgan fingerprint density at radius 1 is 0.706 bits per heavy atom.